The topological polar surface area (TPSA) is 140 Å². The van der Waals surface area contributed by atoms with Gasteiger partial charge in [0.05, 0.1) is 23.0 Å². The van der Waals surface area contributed by atoms with Crippen LogP contribution in [0, 0.1) is 40.8 Å². The fourth-order valence-electron chi connectivity index (χ4n) is 13.3. The van der Waals surface area contributed by atoms with E-state index in [1.165, 1.54) is 49.6 Å². The molecule has 3 amide bonds. The Morgan fingerprint density at radius 3 is 1.48 bits per heavy atom. The lowest BCUT2D eigenvalue weighted by Gasteiger charge is -2.57. The lowest BCUT2D eigenvalue weighted by Crippen LogP contribution is -2.57. The van der Waals surface area contributed by atoms with Crippen LogP contribution in [0.1, 0.15) is 110 Å². The number of nitrogens with one attached hydrogen (secondary N) is 3. The first-order valence-electron chi connectivity index (χ1n) is 24.9. The van der Waals surface area contributed by atoms with Crippen LogP contribution >= 0.6 is 0 Å². The van der Waals surface area contributed by atoms with Crippen molar-refractivity contribution in [3.05, 3.63) is 208 Å². The van der Waals surface area contributed by atoms with Gasteiger partial charge in [-0.25, -0.2) is 14.0 Å². The van der Waals surface area contributed by atoms with E-state index in [0.29, 0.717) is 29.9 Å². The number of fused-ring (bicyclic) bond motifs is 1. The highest BCUT2D eigenvalue weighted by molar-refractivity contribution is 6.02. The van der Waals surface area contributed by atoms with E-state index in [-0.39, 0.29) is 47.8 Å². The largest absolute Gasteiger partial charge is 0.457 e. The maximum Gasteiger partial charge on any atom is 0.338 e. The summed E-state index contributed by atoms with van der Waals surface area (Å²) in [7, 11) is 0. The number of benzene rings is 6. The van der Waals surface area contributed by atoms with Crippen LogP contribution in [0.4, 0.5) is 10.1 Å². The van der Waals surface area contributed by atoms with E-state index in [4.69, 9.17) is 9.47 Å². The number of halogens is 1. The van der Waals surface area contributed by atoms with E-state index in [0.717, 1.165) is 52.6 Å². The number of esters is 2. The molecule has 4 saturated carbocycles. The maximum absolute atomic E-state index is 15.5. The summed E-state index contributed by atoms with van der Waals surface area (Å²) >= 11 is 0. The summed E-state index contributed by atoms with van der Waals surface area (Å²) in [6.07, 6.45) is 7.20. The number of ether oxygens (including phenoxy) is 2. The molecule has 6 bridgehead atoms. The van der Waals surface area contributed by atoms with Gasteiger partial charge in [-0.2, -0.15) is 0 Å². The first-order chi connectivity index (χ1) is 34.6. The summed E-state index contributed by atoms with van der Waals surface area (Å²) in [6.45, 7) is 0.515. The lowest BCUT2D eigenvalue weighted by atomic mass is 9.49. The zero-order valence-corrected chi connectivity index (χ0v) is 39.4. The van der Waals surface area contributed by atoms with Gasteiger partial charge in [0.15, 0.2) is 0 Å². The van der Waals surface area contributed by atoms with E-state index in [9.17, 15) is 18.8 Å². The molecule has 4 fully saturated rings. The van der Waals surface area contributed by atoms with Crippen molar-refractivity contribution in [3.63, 3.8) is 0 Å². The predicted octanol–water partition coefficient (Wildman–Crippen LogP) is 10.1. The number of carbonyl (C=O) groups is 5. The van der Waals surface area contributed by atoms with Crippen molar-refractivity contribution in [3.8, 4) is 0 Å². The van der Waals surface area contributed by atoms with Crippen molar-refractivity contribution in [2.24, 2.45) is 35.0 Å². The lowest BCUT2D eigenvalue weighted by molar-refractivity contribution is -0.139. The molecular weight excluding hydrogens is 894 g/mol. The highest BCUT2D eigenvalue weighted by atomic mass is 19.1. The molecule has 0 aromatic heterocycles. The summed E-state index contributed by atoms with van der Waals surface area (Å²) in [5.74, 6) is -3.67. The molecule has 10 nitrogen and oxygen atoms in total. The molecule has 71 heavy (non-hydrogen) atoms. The first kappa shape index (κ1) is 46.0. The quantitative estimate of drug-likeness (QED) is 0.0871. The van der Waals surface area contributed by atoms with Crippen LogP contribution in [0.3, 0.4) is 0 Å². The smallest absolute Gasteiger partial charge is 0.338 e. The van der Waals surface area contributed by atoms with Crippen LogP contribution in [-0.4, -0.2) is 42.2 Å². The van der Waals surface area contributed by atoms with E-state index < -0.39 is 59.3 Å². The average Bonchev–Trinajstić information content (AvgIpc) is 3.39. The molecule has 0 unspecified atom stereocenters. The van der Waals surface area contributed by atoms with E-state index in [2.05, 4.69) is 28.1 Å². The summed E-state index contributed by atoms with van der Waals surface area (Å²) in [6, 6.07) is 43.0. The zero-order valence-electron chi connectivity index (χ0n) is 39.4. The SMILES string of the molecule is O=C(OCc1ccccc1)c1cc(NC(=O)[C@H](Cc2ccc(F)cc2)NC(=O)[C@H]2C3c4ccccc4C(c4ccccc43)[C@H]2C(=O)NCC23CC4CC(CC(C4)C2)C3)cc(C(=O)OCc2ccccc2)c1. The third kappa shape index (κ3) is 9.50. The second-order valence-corrected chi connectivity index (χ2v) is 20.7. The molecule has 11 heteroatoms. The standard InChI is InChI=1S/C60H56FN3O7/c61-44-21-19-36(20-22-44)26-50(55(65)63-45-28-42(58(68)70-33-37-11-3-1-4-12-37)27-43(29-45)59(69)71-34-38-13-5-2-6-14-38)64-57(67)54-52-48-17-9-7-15-46(48)51(47-16-8-10-18-49(47)52)53(54)56(66)62-35-60-30-39-23-40(31-60)25-41(24-39)32-60/h1-22,27-29,39-41,50-54H,23-26,30-35H2,(H,62,66)(H,63,65)(H,64,67)/t39?,40?,41?,50-,51?,52?,53+,54-,60?/m0/s1. The van der Waals surface area contributed by atoms with E-state index in [1.54, 1.807) is 12.1 Å². The van der Waals surface area contributed by atoms with Crippen LogP contribution in [0.15, 0.2) is 152 Å². The van der Waals surface area contributed by atoms with Crippen molar-refractivity contribution in [1.29, 1.82) is 0 Å². The van der Waals surface area contributed by atoms with Crippen LogP contribution < -0.4 is 16.0 Å². The number of anilines is 1. The third-order valence-electron chi connectivity index (χ3n) is 15.9. The van der Waals surface area contributed by atoms with Crippen molar-refractivity contribution in [1.82, 2.24) is 10.6 Å². The minimum absolute atomic E-state index is 0.0116. The predicted molar refractivity (Wildman–Crippen MR) is 265 cm³/mol. The van der Waals surface area contributed by atoms with Gasteiger partial charge in [0, 0.05) is 30.5 Å². The maximum atomic E-state index is 15.5. The van der Waals surface area contributed by atoms with Gasteiger partial charge in [0.25, 0.3) is 0 Å². The minimum atomic E-state index is -1.25. The Hall–Kier alpha value is -7.40. The normalized spacial score (nSPS) is 24.4. The van der Waals surface area contributed by atoms with Crippen molar-refractivity contribution >= 4 is 35.3 Å². The summed E-state index contributed by atoms with van der Waals surface area (Å²) in [5.41, 5.74) is 6.21. The summed E-state index contributed by atoms with van der Waals surface area (Å²) in [5, 5.41) is 9.43. The molecule has 13 rings (SSSR count). The van der Waals surface area contributed by atoms with Crippen molar-refractivity contribution in [2.45, 2.75) is 76.0 Å². The molecule has 0 aliphatic heterocycles. The van der Waals surface area contributed by atoms with Gasteiger partial charge in [-0.1, -0.05) is 121 Å². The Balaban J connectivity index is 0.906. The molecule has 0 spiro atoms. The summed E-state index contributed by atoms with van der Waals surface area (Å²) < 4.78 is 25.6. The van der Waals surface area contributed by atoms with E-state index >= 15 is 9.59 Å². The second-order valence-electron chi connectivity index (χ2n) is 20.7. The van der Waals surface area contributed by atoms with Crippen LogP contribution in [0.25, 0.3) is 0 Å². The number of hydrogen-bond donors (Lipinski definition) is 3. The van der Waals surface area contributed by atoms with Gasteiger partial charge in [-0.3, -0.25) is 14.4 Å². The molecule has 0 heterocycles. The first-order valence-corrected chi connectivity index (χ1v) is 24.9. The van der Waals surface area contributed by atoms with Gasteiger partial charge in [0.1, 0.15) is 25.1 Å². The fourth-order valence-corrected chi connectivity index (χ4v) is 13.3. The number of amides is 3. The molecule has 7 aliphatic carbocycles. The minimum Gasteiger partial charge on any atom is -0.457 e. The monoisotopic (exact) mass is 949 g/mol. The number of rotatable bonds is 15. The fraction of sp³-hybridized carbons (Fsp3) is 0.317. The summed E-state index contributed by atoms with van der Waals surface area (Å²) in [4.78, 5) is 72.8. The molecule has 0 radical (unpaired) electrons. The zero-order chi connectivity index (χ0) is 48.6. The molecule has 7 aliphatic rings. The van der Waals surface area contributed by atoms with Crippen molar-refractivity contribution < 1.29 is 37.8 Å². The van der Waals surface area contributed by atoms with Gasteiger partial charge in [-0.05, 0) is 131 Å². The number of hydrogen-bond acceptors (Lipinski definition) is 7. The molecular formula is C60H56FN3O7. The highest BCUT2D eigenvalue weighted by Gasteiger charge is 2.56. The van der Waals surface area contributed by atoms with Crippen LogP contribution in [-0.2, 0) is 43.5 Å². The highest BCUT2D eigenvalue weighted by Crippen LogP contribution is 2.61. The Morgan fingerprint density at radius 1 is 0.549 bits per heavy atom. The molecule has 360 valence electrons. The average molecular weight is 950 g/mol. The van der Waals surface area contributed by atoms with Crippen LogP contribution in [0.5, 0.6) is 0 Å². The molecule has 6 aromatic carbocycles. The Labute approximate surface area is 412 Å². The van der Waals surface area contributed by atoms with Crippen LogP contribution in [0.2, 0.25) is 0 Å². The molecule has 0 saturated heterocycles. The van der Waals surface area contributed by atoms with Gasteiger partial charge < -0.3 is 25.4 Å². The van der Waals surface area contributed by atoms with Crippen molar-refractivity contribution in [2.75, 3.05) is 11.9 Å². The van der Waals surface area contributed by atoms with E-state index in [1.807, 2.05) is 97.1 Å². The molecule has 3 atom stereocenters. The molecule has 3 N–H and O–H groups in total. The third-order valence-corrected chi connectivity index (χ3v) is 15.9. The Morgan fingerprint density at radius 2 is 1.00 bits per heavy atom. The Bertz CT molecular complexity index is 2840. The van der Waals surface area contributed by atoms with Gasteiger partial charge in [-0.15, -0.1) is 0 Å². The van der Waals surface area contributed by atoms with Gasteiger partial charge in [0.2, 0.25) is 17.7 Å². The molecule has 6 aromatic rings. The van der Waals surface area contributed by atoms with Gasteiger partial charge >= 0.3 is 11.9 Å². The number of carbonyl (C=O) groups excluding carboxylic acids is 5. The Kier molecular flexibility index (Phi) is 12.6. The second kappa shape index (κ2) is 19.4.